The van der Waals surface area contributed by atoms with Gasteiger partial charge in [-0.3, -0.25) is 10.0 Å². The lowest BCUT2D eigenvalue weighted by Gasteiger charge is -2.29. The summed E-state index contributed by atoms with van der Waals surface area (Å²) in [6, 6.07) is 15.1. The Labute approximate surface area is 164 Å². The maximum absolute atomic E-state index is 12.8. The normalized spacial score (nSPS) is 13.6. The molecule has 0 radical (unpaired) electrons. The number of fused-ring (bicyclic) bond motifs is 1. The number of nitrogens with two attached hydrogens (primary N) is 1. The lowest BCUT2D eigenvalue weighted by atomic mass is 9.96. The van der Waals surface area contributed by atoms with Gasteiger partial charge in [0, 0.05) is 18.7 Å². The van der Waals surface area contributed by atoms with Crippen molar-refractivity contribution in [3.8, 4) is 0 Å². The average Bonchev–Trinajstić information content (AvgIpc) is 2.70. The molecular weight excluding hydrogens is 354 g/mol. The third-order valence-electron chi connectivity index (χ3n) is 4.88. The molecule has 1 aliphatic rings. The highest BCUT2D eigenvalue weighted by molar-refractivity contribution is 5.97. The van der Waals surface area contributed by atoms with Crippen molar-refractivity contribution >= 4 is 18.0 Å². The minimum absolute atomic E-state index is 0.0144. The highest BCUT2D eigenvalue weighted by Crippen LogP contribution is 2.21. The molecule has 146 valence electrons. The molecule has 0 saturated heterocycles. The van der Waals surface area contributed by atoms with Gasteiger partial charge >= 0.3 is 6.03 Å². The Bertz CT molecular complexity index is 865. The van der Waals surface area contributed by atoms with Crippen molar-refractivity contribution in [2.75, 3.05) is 19.6 Å². The van der Waals surface area contributed by atoms with Crippen LogP contribution in [-0.2, 0) is 12.8 Å². The fraction of sp³-hybridized carbons (Fsp3) is 0.273. The van der Waals surface area contributed by atoms with E-state index in [0.29, 0.717) is 5.06 Å². The zero-order valence-corrected chi connectivity index (χ0v) is 15.8. The molecule has 0 unspecified atom stereocenters. The number of nitrogens with zero attached hydrogens (tertiary/aromatic N) is 2. The minimum Gasteiger partial charge on any atom is -0.350 e. The molecule has 0 aromatic heterocycles. The predicted octanol–water partition coefficient (Wildman–Crippen LogP) is 3.10. The molecule has 2 aromatic carbocycles. The van der Waals surface area contributed by atoms with Crippen molar-refractivity contribution in [2.24, 2.45) is 5.73 Å². The number of hydrogen-bond acceptors (Lipinski definition) is 3. The van der Waals surface area contributed by atoms with E-state index >= 15 is 0 Å². The number of hydroxylamine groups is 2. The molecule has 0 spiro atoms. The van der Waals surface area contributed by atoms with Gasteiger partial charge in [-0.15, -0.1) is 0 Å². The lowest BCUT2D eigenvalue weighted by Crippen LogP contribution is -2.38. The molecule has 0 bridgehead atoms. The Morgan fingerprint density at radius 3 is 2.75 bits per heavy atom. The largest absolute Gasteiger partial charge is 0.350 e. The van der Waals surface area contributed by atoms with Crippen LogP contribution in [0.15, 0.2) is 54.6 Å². The van der Waals surface area contributed by atoms with Crippen LogP contribution in [0.1, 0.15) is 33.5 Å². The van der Waals surface area contributed by atoms with Crippen LogP contribution in [0.3, 0.4) is 0 Å². The van der Waals surface area contributed by atoms with Crippen molar-refractivity contribution in [3.05, 3.63) is 76.9 Å². The maximum Gasteiger partial charge on any atom is 0.338 e. The first-order valence-electron chi connectivity index (χ1n) is 9.43. The first-order valence-corrected chi connectivity index (χ1v) is 9.43. The second kappa shape index (κ2) is 9.19. The molecule has 1 aliphatic heterocycles. The van der Waals surface area contributed by atoms with Crippen LogP contribution in [0.4, 0.5) is 4.79 Å². The molecule has 3 N–H and O–H groups in total. The topological polar surface area (TPSA) is 86.9 Å². The number of carbonyl (C=O) groups excluding carboxylic acids is 2. The first-order chi connectivity index (χ1) is 13.5. The smallest absolute Gasteiger partial charge is 0.338 e. The fourth-order valence-electron chi connectivity index (χ4n) is 3.37. The Morgan fingerprint density at radius 1 is 1.21 bits per heavy atom. The summed E-state index contributed by atoms with van der Waals surface area (Å²) < 4.78 is 0. The number of primary amides is 1. The van der Waals surface area contributed by atoms with Crippen molar-refractivity contribution < 1.29 is 14.8 Å². The van der Waals surface area contributed by atoms with E-state index in [1.807, 2.05) is 41.3 Å². The molecule has 2 aromatic rings. The average molecular weight is 379 g/mol. The highest BCUT2D eigenvalue weighted by atomic mass is 16.5. The quantitative estimate of drug-likeness (QED) is 0.572. The van der Waals surface area contributed by atoms with Gasteiger partial charge in [-0.25, -0.2) is 9.86 Å². The first kappa shape index (κ1) is 19.6. The number of carbonyl (C=O) groups is 2. The number of rotatable bonds is 7. The molecule has 28 heavy (non-hydrogen) atoms. The minimum atomic E-state index is -0.895. The van der Waals surface area contributed by atoms with Crippen LogP contribution in [0, 0.1) is 0 Å². The van der Waals surface area contributed by atoms with Gasteiger partial charge in [-0.2, -0.15) is 0 Å². The molecule has 0 fully saturated rings. The van der Waals surface area contributed by atoms with E-state index < -0.39 is 6.03 Å². The van der Waals surface area contributed by atoms with Gasteiger partial charge in [0.15, 0.2) is 0 Å². The summed E-state index contributed by atoms with van der Waals surface area (Å²) in [5, 5.41) is 9.70. The Morgan fingerprint density at radius 2 is 2.00 bits per heavy atom. The van der Waals surface area contributed by atoms with E-state index in [9.17, 15) is 14.8 Å². The van der Waals surface area contributed by atoms with Crippen LogP contribution in [0.2, 0.25) is 0 Å². The summed E-state index contributed by atoms with van der Waals surface area (Å²) >= 11 is 0. The van der Waals surface area contributed by atoms with Crippen LogP contribution < -0.4 is 5.73 Å². The van der Waals surface area contributed by atoms with E-state index in [1.54, 1.807) is 12.2 Å². The molecule has 0 aliphatic carbocycles. The third-order valence-corrected chi connectivity index (χ3v) is 4.88. The number of benzene rings is 2. The second-order valence-corrected chi connectivity index (χ2v) is 6.87. The Hall–Kier alpha value is -3.12. The van der Waals surface area contributed by atoms with E-state index in [1.165, 1.54) is 5.56 Å². The summed E-state index contributed by atoms with van der Waals surface area (Å²) in [4.78, 5) is 25.5. The number of hydrogen-bond donors (Lipinski definition) is 2. The molecule has 3 amide bonds. The van der Waals surface area contributed by atoms with Gasteiger partial charge in [0.05, 0.1) is 6.54 Å². The molecule has 6 nitrogen and oxygen atoms in total. The predicted molar refractivity (Wildman–Crippen MR) is 108 cm³/mol. The van der Waals surface area contributed by atoms with Crippen molar-refractivity contribution in [1.82, 2.24) is 9.96 Å². The summed E-state index contributed by atoms with van der Waals surface area (Å²) in [5.74, 6) is 0.0834. The third kappa shape index (κ3) is 4.98. The SMILES string of the molecule is NC(=O)N(O)C/C=C/c1ccc2c(c1)CCN(CCCc1ccccc1)C2=O. The molecule has 6 heteroatoms. The monoisotopic (exact) mass is 379 g/mol. The molecule has 1 heterocycles. The molecular formula is C22H25N3O3. The van der Waals surface area contributed by atoms with Gasteiger partial charge in [0.25, 0.3) is 5.91 Å². The van der Waals surface area contributed by atoms with E-state index in [4.69, 9.17) is 5.73 Å². The Balaban J connectivity index is 1.57. The van der Waals surface area contributed by atoms with Gasteiger partial charge in [0.2, 0.25) is 0 Å². The van der Waals surface area contributed by atoms with Crippen LogP contribution >= 0.6 is 0 Å². The summed E-state index contributed by atoms with van der Waals surface area (Å²) in [7, 11) is 0. The van der Waals surface area contributed by atoms with Gasteiger partial charge in [0.1, 0.15) is 0 Å². The van der Waals surface area contributed by atoms with Gasteiger partial charge in [-0.05, 0) is 42.0 Å². The van der Waals surface area contributed by atoms with Gasteiger partial charge in [-0.1, -0.05) is 54.6 Å². The fourth-order valence-corrected chi connectivity index (χ4v) is 3.37. The summed E-state index contributed by atoms with van der Waals surface area (Å²) in [6.07, 6.45) is 6.18. The van der Waals surface area contributed by atoms with Crippen molar-refractivity contribution in [1.29, 1.82) is 0 Å². The van der Waals surface area contributed by atoms with Crippen LogP contribution in [-0.4, -0.2) is 46.7 Å². The zero-order valence-electron chi connectivity index (χ0n) is 15.8. The molecule has 0 atom stereocenters. The van der Waals surface area contributed by atoms with E-state index in [2.05, 4.69) is 12.1 Å². The van der Waals surface area contributed by atoms with Crippen molar-refractivity contribution in [2.45, 2.75) is 19.3 Å². The van der Waals surface area contributed by atoms with E-state index in [-0.39, 0.29) is 12.5 Å². The van der Waals surface area contributed by atoms with Crippen LogP contribution in [0.5, 0.6) is 0 Å². The number of amides is 3. The van der Waals surface area contributed by atoms with Gasteiger partial charge < -0.3 is 10.6 Å². The van der Waals surface area contributed by atoms with Crippen molar-refractivity contribution in [3.63, 3.8) is 0 Å². The Kier molecular flexibility index (Phi) is 6.45. The summed E-state index contributed by atoms with van der Waals surface area (Å²) in [6.45, 7) is 1.49. The van der Waals surface area contributed by atoms with E-state index in [0.717, 1.165) is 49.0 Å². The number of aryl methyl sites for hydroxylation is 1. The zero-order chi connectivity index (χ0) is 19.9. The number of urea groups is 1. The second-order valence-electron chi connectivity index (χ2n) is 6.87. The maximum atomic E-state index is 12.8. The summed E-state index contributed by atoms with van der Waals surface area (Å²) in [5.41, 5.74) is 8.96. The highest BCUT2D eigenvalue weighted by Gasteiger charge is 2.23. The standard InChI is InChI=1S/C22H25N3O3/c23-22(27)25(28)14-5-9-18-10-11-20-19(16-18)12-15-24(21(20)26)13-4-8-17-6-2-1-3-7-17/h1-3,5-7,9-11,16,28H,4,8,12-15H2,(H2,23,27)/b9-5+. The molecule has 0 saturated carbocycles. The lowest BCUT2D eigenvalue weighted by molar-refractivity contribution is -0.0286. The van der Waals surface area contributed by atoms with Crippen LogP contribution in [0.25, 0.3) is 6.08 Å². The molecule has 3 rings (SSSR count).